The van der Waals surface area contributed by atoms with Gasteiger partial charge in [0.1, 0.15) is 10.0 Å². The monoisotopic (exact) mass is 467 g/mol. The molecule has 0 spiro atoms. The van der Waals surface area contributed by atoms with Gasteiger partial charge in [-0.3, -0.25) is 0 Å². The normalized spacial score (nSPS) is 10.8. The van der Waals surface area contributed by atoms with E-state index in [4.69, 9.17) is 21.9 Å². The van der Waals surface area contributed by atoms with Gasteiger partial charge in [-0.2, -0.15) is 0 Å². The first-order valence-electron chi connectivity index (χ1n) is 9.59. The number of methoxy groups -OCH3 is 1. The molecule has 0 atom stereocenters. The summed E-state index contributed by atoms with van der Waals surface area (Å²) in [6.07, 6.45) is 0. The van der Waals surface area contributed by atoms with Crippen molar-refractivity contribution in [2.75, 3.05) is 17.7 Å². The molecule has 31 heavy (non-hydrogen) atoms. The van der Waals surface area contributed by atoms with Crippen LogP contribution in [0, 0.1) is 20.8 Å². The molecule has 2 aromatic heterocycles. The summed E-state index contributed by atoms with van der Waals surface area (Å²) in [6.45, 7) is 5.96. The van der Waals surface area contributed by atoms with Gasteiger partial charge in [-0.25, -0.2) is 9.78 Å². The van der Waals surface area contributed by atoms with Crippen molar-refractivity contribution in [3.63, 3.8) is 0 Å². The Balaban J connectivity index is 1.48. The van der Waals surface area contributed by atoms with E-state index < -0.39 is 0 Å². The van der Waals surface area contributed by atoms with E-state index in [0.717, 1.165) is 32.2 Å². The molecular weight excluding hydrogens is 446 g/mol. The molecule has 5 nitrogen and oxygen atoms in total. The van der Waals surface area contributed by atoms with Crippen molar-refractivity contribution in [2.45, 2.75) is 20.8 Å². The summed E-state index contributed by atoms with van der Waals surface area (Å²) in [6, 6.07) is 14.3. The molecule has 158 valence electrons. The van der Waals surface area contributed by atoms with Crippen LogP contribution in [0.1, 0.15) is 26.4 Å². The van der Waals surface area contributed by atoms with E-state index in [1.54, 1.807) is 11.3 Å². The highest BCUT2D eigenvalue weighted by Crippen LogP contribution is 2.34. The molecule has 0 radical (unpaired) electrons. The highest BCUT2D eigenvalue weighted by Gasteiger charge is 2.20. The minimum absolute atomic E-state index is 0.373. The van der Waals surface area contributed by atoms with Gasteiger partial charge in [0.05, 0.1) is 22.9 Å². The molecule has 0 saturated heterocycles. The van der Waals surface area contributed by atoms with Crippen LogP contribution in [-0.4, -0.2) is 23.2 Å². The van der Waals surface area contributed by atoms with Crippen LogP contribution in [0.4, 0.5) is 10.7 Å². The van der Waals surface area contributed by atoms with Crippen molar-refractivity contribution >= 4 is 66.9 Å². The van der Waals surface area contributed by atoms with E-state index in [2.05, 4.69) is 35.8 Å². The third kappa shape index (κ3) is 4.46. The number of carbonyl (C=O) groups is 1. The van der Waals surface area contributed by atoms with Crippen LogP contribution in [-0.2, 0) is 4.74 Å². The summed E-state index contributed by atoms with van der Waals surface area (Å²) in [4.78, 5) is 17.9. The van der Waals surface area contributed by atoms with Crippen LogP contribution in [0.25, 0.3) is 20.8 Å². The zero-order valence-electron chi connectivity index (χ0n) is 17.5. The van der Waals surface area contributed by atoms with Gasteiger partial charge >= 0.3 is 5.97 Å². The highest BCUT2D eigenvalue weighted by atomic mass is 32.1. The molecule has 0 aliphatic carbocycles. The lowest BCUT2D eigenvalue weighted by atomic mass is 10.1. The summed E-state index contributed by atoms with van der Waals surface area (Å²) in [5.41, 5.74) is 5.58. The molecule has 0 saturated carbocycles. The zero-order valence-corrected chi connectivity index (χ0v) is 20.0. The minimum Gasteiger partial charge on any atom is -0.465 e. The molecule has 0 aliphatic heterocycles. The molecular formula is C23H21N3O2S3. The fraction of sp³-hybridized carbons (Fsp3) is 0.174. The number of nitrogens with one attached hydrogen (secondary N) is 2. The average Bonchev–Trinajstić information content (AvgIpc) is 3.28. The number of benzene rings is 2. The number of thiocarbonyl (C=S) groups is 1. The molecule has 4 aromatic rings. The average molecular weight is 468 g/mol. The smallest absolute Gasteiger partial charge is 0.341 e. The Kier molecular flexibility index (Phi) is 6.04. The Hall–Kier alpha value is -2.81. The number of aromatic nitrogens is 1. The summed E-state index contributed by atoms with van der Waals surface area (Å²) >= 11 is 8.62. The number of anilines is 2. The second-order valence-corrected chi connectivity index (χ2v) is 9.79. The molecule has 8 heteroatoms. The second kappa shape index (κ2) is 8.74. The SMILES string of the molecule is COC(=O)c1c(NC(=S)Nc2ccc(-c3nc4ccc(C)cc4s3)cc2)sc(C)c1C. The Morgan fingerprint density at radius 1 is 1.03 bits per heavy atom. The number of esters is 1. The van der Waals surface area contributed by atoms with Crippen molar-refractivity contribution in [3.05, 3.63) is 64.0 Å². The number of ether oxygens (including phenoxy) is 1. The highest BCUT2D eigenvalue weighted by molar-refractivity contribution is 7.80. The van der Waals surface area contributed by atoms with E-state index in [-0.39, 0.29) is 5.97 Å². The molecule has 0 amide bonds. The lowest BCUT2D eigenvalue weighted by Gasteiger charge is -2.11. The lowest BCUT2D eigenvalue weighted by molar-refractivity contribution is 0.0601. The maximum atomic E-state index is 12.1. The van der Waals surface area contributed by atoms with Crippen molar-refractivity contribution in [3.8, 4) is 10.6 Å². The minimum atomic E-state index is -0.373. The molecule has 0 unspecified atom stereocenters. The summed E-state index contributed by atoms with van der Waals surface area (Å²) in [5.74, 6) is -0.373. The molecule has 4 rings (SSSR count). The van der Waals surface area contributed by atoms with E-state index in [1.807, 2.05) is 38.1 Å². The third-order valence-electron chi connectivity index (χ3n) is 4.94. The van der Waals surface area contributed by atoms with Crippen LogP contribution in [0.2, 0.25) is 0 Å². The van der Waals surface area contributed by atoms with Gasteiger partial charge in [-0.05, 0) is 80.5 Å². The van der Waals surface area contributed by atoms with E-state index in [9.17, 15) is 4.79 Å². The van der Waals surface area contributed by atoms with Crippen molar-refractivity contribution in [1.82, 2.24) is 4.98 Å². The first-order chi connectivity index (χ1) is 14.9. The molecule has 0 aliphatic rings. The van der Waals surface area contributed by atoms with Gasteiger partial charge in [-0.15, -0.1) is 22.7 Å². The van der Waals surface area contributed by atoms with E-state index >= 15 is 0 Å². The van der Waals surface area contributed by atoms with Gasteiger partial charge in [-0.1, -0.05) is 6.07 Å². The molecule has 0 bridgehead atoms. The zero-order chi connectivity index (χ0) is 22.1. The van der Waals surface area contributed by atoms with Crippen molar-refractivity contribution in [1.29, 1.82) is 0 Å². The Bertz CT molecular complexity index is 1290. The number of nitrogens with zero attached hydrogens (tertiary/aromatic N) is 1. The van der Waals surface area contributed by atoms with E-state index in [0.29, 0.717) is 15.7 Å². The first kappa shape index (κ1) is 21.4. The number of fused-ring (bicyclic) bond motifs is 1. The number of thiophene rings is 1. The van der Waals surface area contributed by atoms with Gasteiger partial charge in [0.2, 0.25) is 0 Å². The predicted molar refractivity (Wildman–Crippen MR) is 135 cm³/mol. The molecule has 0 fully saturated rings. The number of aryl methyl sites for hydroxylation is 2. The maximum absolute atomic E-state index is 12.1. The van der Waals surface area contributed by atoms with Crippen LogP contribution in [0.5, 0.6) is 0 Å². The second-order valence-electron chi connectivity index (χ2n) is 7.13. The van der Waals surface area contributed by atoms with Gasteiger partial charge in [0, 0.05) is 16.1 Å². The summed E-state index contributed by atoms with van der Waals surface area (Å²) in [5, 5.41) is 8.39. The van der Waals surface area contributed by atoms with Crippen LogP contribution >= 0.6 is 34.9 Å². The Morgan fingerprint density at radius 2 is 1.77 bits per heavy atom. The lowest BCUT2D eigenvalue weighted by Crippen LogP contribution is -2.20. The first-order valence-corrected chi connectivity index (χ1v) is 11.6. The van der Waals surface area contributed by atoms with Crippen LogP contribution in [0.3, 0.4) is 0 Å². The topological polar surface area (TPSA) is 63.2 Å². The molecule has 2 heterocycles. The van der Waals surface area contributed by atoms with Crippen LogP contribution < -0.4 is 10.6 Å². The van der Waals surface area contributed by atoms with Crippen molar-refractivity contribution < 1.29 is 9.53 Å². The summed E-state index contributed by atoms with van der Waals surface area (Å²) < 4.78 is 6.10. The van der Waals surface area contributed by atoms with Crippen molar-refractivity contribution in [2.24, 2.45) is 0 Å². The van der Waals surface area contributed by atoms with E-state index in [1.165, 1.54) is 28.7 Å². The van der Waals surface area contributed by atoms with Gasteiger partial charge < -0.3 is 15.4 Å². The number of rotatable bonds is 4. The number of hydrogen-bond acceptors (Lipinski definition) is 6. The number of thiazole rings is 1. The van der Waals surface area contributed by atoms with Gasteiger partial charge in [0.15, 0.2) is 5.11 Å². The summed E-state index contributed by atoms with van der Waals surface area (Å²) in [7, 11) is 1.38. The Morgan fingerprint density at radius 3 is 2.48 bits per heavy atom. The fourth-order valence-corrected chi connectivity index (χ4v) is 5.59. The van der Waals surface area contributed by atoms with Gasteiger partial charge in [0.25, 0.3) is 0 Å². The fourth-order valence-electron chi connectivity index (χ4n) is 3.18. The van der Waals surface area contributed by atoms with Crippen LogP contribution in [0.15, 0.2) is 42.5 Å². The molecule has 2 aromatic carbocycles. The third-order valence-corrected chi connectivity index (χ3v) is 7.33. The standard InChI is InChI=1S/C23H21N3O2S3/c1-12-5-10-17-18(11-12)31-20(25-17)15-6-8-16(9-7-15)24-23(29)26-21-19(22(27)28-4)13(2)14(3)30-21/h5-11H,1-4H3,(H2,24,26,29). The maximum Gasteiger partial charge on any atom is 0.341 e. The largest absolute Gasteiger partial charge is 0.465 e. The number of hydrogen-bond donors (Lipinski definition) is 2. The predicted octanol–water partition coefficient (Wildman–Crippen LogP) is 6.55. The molecule has 2 N–H and O–H groups in total. The number of carbonyl (C=O) groups excluding carboxylic acids is 1. The quantitative estimate of drug-likeness (QED) is 0.262. The Labute approximate surface area is 194 Å².